The molecule has 0 fully saturated rings. The number of nitrogens with zero attached hydrogens (tertiary/aromatic N) is 2. The molecule has 0 unspecified atom stereocenters. The van der Waals surface area contributed by atoms with Crippen LogP contribution in [0.3, 0.4) is 0 Å². The predicted molar refractivity (Wildman–Crippen MR) is 100 cm³/mol. The number of fused-ring (bicyclic) bond motifs is 2. The first-order valence-corrected chi connectivity index (χ1v) is 9.00. The van der Waals surface area contributed by atoms with Gasteiger partial charge in [0.2, 0.25) is 0 Å². The van der Waals surface area contributed by atoms with E-state index in [2.05, 4.69) is 15.3 Å². The van der Waals surface area contributed by atoms with E-state index in [0.29, 0.717) is 21.6 Å². The summed E-state index contributed by atoms with van der Waals surface area (Å²) in [4.78, 5) is 21.3. The minimum Gasteiger partial charge on any atom is -0.493 e. The molecule has 1 N–H and O–H groups in total. The SMILES string of the molecule is COc1cc2nc(NC(=O)c3nc4ccccc4s3)sc2cc1OC. The van der Waals surface area contributed by atoms with E-state index in [1.807, 2.05) is 30.3 Å². The van der Waals surface area contributed by atoms with Gasteiger partial charge in [-0.25, -0.2) is 9.97 Å². The molecule has 0 atom stereocenters. The number of rotatable bonds is 4. The van der Waals surface area contributed by atoms with Crippen molar-refractivity contribution in [1.29, 1.82) is 0 Å². The number of carbonyl (C=O) groups excluding carboxylic acids is 1. The van der Waals surface area contributed by atoms with Crippen molar-refractivity contribution in [2.45, 2.75) is 0 Å². The Balaban J connectivity index is 1.64. The van der Waals surface area contributed by atoms with Crippen molar-refractivity contribution in [2.75, 3.05) is 19.5 Å². The van der Waals surface area contributed by atoms with Crippen LogP contribution in [0.1, 0.15) is 9.80 Å². The number of carbonyl (C=O) groups is 1. The zero-order valence-electron chi connectivity index (χ0n) is 13.4. The summed E-state index contributed by atoms with van der Waals surface area (Å²) in [6.07, 6.45) is 0. The summed E-state index contributed by atoms with van der Waals surface area (Å²) in [5.74, 6) is 0.964. The molecule has 126 valence electrons. The lowest BCUT2D eigenvalue weighted by Crippen LogP contribution is -2.10. The maximum Gasteiger partial charge on any atom is 0.286 e. The van der Waals surface area contributed by atoms with Crippen LogP contribution in [0, 0.1) is 0 Å². The number of para-hydroxylation sites is 1. The highest BCUT2D eigenvalue weighted by Gasteiger charge is 2.16. The predicted octanol–water partition coefficient (Wildman–Crippen LogP) is 4.18. The molecule has 4 rings (SSSR count). The molecule has 0 aliphatic heterocycles. The lowest BCUT2D eigenvalue weighted by atomic mass is 10.3. The molecule has 0 aliphatic rings. The van der Waals surface area contributed by atoms with E-state index in [9.17, 15) is 4.79 Å². The van der Waals surface area contributed by atoms with Gasteiger partial charge in [0.05, 0.1) is 34.7 Å². The van der Waals surface area contributed by atoms with Crippen molar-refractivity contribution < 1.29 is 14.3 Å². The summed E-state index contributed by atoms with van der Waals surface area (Å²) in [5, 5.41) is 3.74. The van der Waals surface area contributed by atoms with Crippen molar-refractivity contribution in [1.82, 2.24) is 9.97 Å². The first-order valence-electron chi connectivity index (χ1n) is 7.37. The fourth-order valence-electron chi connectivity index (χ4n) is 2.43. The Kier molecular flexibility index (Phi) is 3.98. The molecule has 25 heavy (non-hydrogen) atoms. The average molecular weight is 371 g/mol. The van der Waals surface area contributed by atoms with Crippen molar-refractivity contribution in [3.63, 3.8) is 0 Å². The van der Waals surface area contributed by atoms with Gasteiger partial charge in [-0.15, -0.1) is 11.3 Å². The minimum absolute atomic E-state index is 0.265. The third-order valence-corrected chi connectivity index (χ3v) is 5.57. The second-order valence-corrected chi connectivity index (χ2v) is 7.20. The van der Waals surface area contributed by atoms with Crippen LogP contribution in [0.2, 0.25) is 0 Å². The quantitative estimate of drug-likeness (QED) is 0.583. The van der Waals surface area contributed by atoms with Gasteiger partial charge in [0.1, 0.15) is 0 Å². The number of hydrogen-bond acceptors (Lipinski definition) is 7. The normalized spacial score (nSPS) is 11.0. The lowest BCUT2D eigenvalue weighted by Gasteiger charge is -2.05. The van der Waals surface area contributed by atoms with Crippen LogP contribution in [0.15, 0.2) is 36.4 Å². The molecule has 1 amide bonds. The van der Waals surface area contributed by atoms with Crippen molar-refractivity contribution >= 4 is 54.1 Å². The third kappa shape index (κ3) is 2.90. The Morgan fingerprint density at radius 1 is 0.960 bits per heavy atom. The number of benzene rings is 2. The monoisotopic (exact) mass is 371 g/mol. The van der Waals surface area contributed by atoms with Gasteiger partial charge in [0.15, 0.2) is 21.6 Å². The number of aromatic nitrogens is 2. The summed E-state index contributed by atoms with van der Waals surface area (Å²) in [6, 6.07) is 11.3. The Morgan fingerprint density at radius 3 is 2.48 bits per heavy atom. The molecule has 8 heteroatoms. The van der Waals surface area contributed by atoms with Gasteiger partial charge < -0.3 is 9.47 Å². The van der Waals surface area contributed by atoms with Crippen LogP contribution in [0.25, 0.3) is 20.4 Å². The lowest BCUT2D eigenvalue weighted by molar-refractivity contribution is 0.102. The number of anilines is 1. The molecular weight excluding hydrogens is 358 g/mol. The summed E-state index contributed by atoms with van der Waals surface area (Å²) in [6.45, 7) is 0. The molecule has 0 aliphatic carbocycles. The van der Waals surface area contributed by atoms with Gasteiger partial charge >= 0.3 is 0 Å². The van der Waals surface area contributed by atoms with E-state index in [1.54, 1.807) is 20.3 Å². The van der Waals surface area contributed by atoms with Crippen LogP contribution in [-0.2, 0) is 0 Å². The highest BCUT2D eigenvalue weighted by atomic mass is 32.1. The molecule has 2 heterocycles. The van der Waals surface area contributed by atoms with Crippen LogP contribution in [0.5, 0.6) is 11.5 Å². The summed E-state index contributed by atoms with van der Waals surface area (Å²) in [5.41, 5.74) is 1.55. The van der Waals surface area contributed by atoms with Crippen LogP contribution < -0.4 is 14.8 Å². The first kappa shape index (κ1) is 15.8. The smallest absolute Gasteiger partial charge is 0.286 e. The van der Waals surface area contributed by atoms with E-state index in [-0.39, 0.29) is 5.91 Å². The van der Waals surface area contributed by atoms with E-state index in [0.717, 1.165) is 20.4 Å². The van der Waals surface area contributed by atoms with E-state index in [4.69, 9.17) is 9.47 Å². The Hall–Kier alpha value is -2.71. The van der Waals surface area contributed by atoms with Crippen LogP contribution >= 0.6 is 22.7 Å². The van der Waals surface area contributed by atoms with Crippen LogP contribution in [-0.4, -0.2) is 30.1 Å². The molecular formula is C17H13N3O3S2. The number of ether oxygens (including phenoxy) is 2. The Labute approximate surface area is 151 Å². The standard InChI is InChI=1S/C17H13N3O3S2/c1-22-11-7-10-14(8-12(11)23-2)25-17(19-10)20-15(21)16-18-9-5-3-4-6-13(9)24-16/h3-8H,1-2H3,(H,19,20,21). The van der Waals surface area contributed by atoms with E-state index in [1.165, 1.54) is 22.7 Å². The van der Waals surface area contributed by atoms with Crippen molar-refractivity contribution in [2.24, 2.45) is 0 Å². The first-order chi connectivity index (χ1) is 12.2. The minimum atomic E-state index is -0.265. The number of hydrogen-bond donors (Lipinski definition) is 1. The van der Waals surface area contributed by atoms with Gasteiger partial charge in [-0.2, -0.15) is 0 Å². The summed E-state index contributed by atoms with van der Waals surface area (Å²) in [7, 11) is 3.16. The van der Waals surface area contributed by atoms with Gasteiger partial charge in [-0.1, -0.05) is 23.5 Å². The topological polar surface area (TPSA) is 73.3 Å². The van der Waals surface area contributed by atoms with E-state index >= 15 is 0 Å². The Bertz CT molecular complexity index is 1010. The summed E-state index contributed by atoms with van der Waals surface area (Å²) < 4.78 is 12.5. The Morgan fingerprint density at radius 2 is 1.72 bits per heavy atom. The fraction of sp³-hybridized carbons (Fsp3) is 0.118. The summed E-state index contributed by atoms with van der Waals surface area (Å²) >= 11 is 2.73. The van der Waals surface area contributed by atoms with Gasteiger partial charge in [0, 0.05) is 12.1 Å². The van der Waals surface area contributed by atoms with Gasteiger partial charge in [-0.05, 0) is 12.1 Å². The molecule has 0 bridgehead atoms. The molecule has 0 saturated carbocycles. The van der Waals surface area contributed by atoms with Gasteiger partial charge in [-0.3, -0.25) is 10.1 Å². The molecule has 6 nitrogen and oxygen atoms in total. The largest absolute Gasteiger partial charge is 0.493 e. The zero-order valence-corrected chi connectivity index (χ0v) is 15.0. The van der Waals surface area contributed by atoms with Crippen molar-refractivity contribution in [3.05, 3.63) is 41.4 Å². The molecule has 2 aromatic carbocycles. The molecule has 0 radical (unpaired) electrons. The van der Waals surface area contributed by atoms with Crippen molar-refractivity contribution in [3.8, 4) is 11.5 Å². The maximum absolute atomic E-state index is 12.5. The molecule has 2 aromatic heterocycles. The van der Waals surface area contributed by atoms with Crippen LogP contribution in [0.4, 0.5) is 5.13 Å². The number of thiazole rings is 2. The molecule has 0 saturated heterocycles. The maximum atomic E-state index is 12.5. The van der Waals surface area contributed by atoms with Gasteiger partial charge in [0.25, 0.3) is 5.91 Å². The zero-order chi connectivity index (χ0) is 17.4. The molecule has 0 spiro atoms. The molecule has 4 aromatic rings. The third-order valence-electron chi connectivity index (χ3n) is 3.60. The highest BCUT2D eigenvalue weighted by molar-refractivity contribution is 7.22. The number of methoxy groups -OCH3 is 2. The second kappa shape index (κ2) is 6.30. The number of amides is 1. The number of nitrogens with one attached hydrogen (secondary N) is 1. The average Bonchev–Trinajstić information content (AvgIpc) is 3.23. The highest BCUT2D eigenvalue weighted by Crippen LogP contribution is 2.36. The van der Waals surface area contributed by atoms with E-state index < -0.39 is 0 Å². The second-order valence-electron chi connectivity index (χ2n) is 5.13. The fourth-order valence-corrected chi connectivity index (χ4v) is 4.16.